The Kier molecular flexibility index (Phi) is 7.31. The molecule has 1 unspecified atom stereocenters. The highest BCUT2D eigenvalue weighted by Crippen LogP contribution is 2.50. The van der Waals surface area contributed by atoms with Crippen LogP contribution in [0.5, 0.6) is 5.75 Å². The fourth-order valence-electron chi connectivity index (χ4n) is 4.30. The topological polar surface area (TPSA) is 92.3 Å². The van der Waals surface area contributed by atoms with Crippen molar-refractivity contribution < 1.29 is 36.7 Å². The number of ether oxygens (including phenoxy) is 1. The number of hydrazine groups is 1. The van der Waals surface area contributed by atoms with E-state index < -0.39 is 51.4 Å². The lowest BCUT2D eigenvalue weighted by Gasteiger charge is -2.30. The van der Waals surface area contributed by atoms with E-state index >= 15 is 0 Å². The number of hydrogen-bond donors (Lipinski definition) is 2. The van der Waals surface area contributed by atoms with Crippen LogP contribution in [0.3, 0.4) is 0 Å². The molecule has 0 spiro atoms. The fourth-order valence-corrected chi connectivity index (χ4v) is 5.87. The summed E-state index contributed by atoms with van der Waals surface area (Å²) in [6.07, 6.45) is -5.61. The lowest BCUT2D eigenvalue weighted by molar-refractivity contribution is -0.275. The molecule has 0 bridgehead atoms. The number of thiophene rings is 1. The van der Waals surface area contributed by atoms with Gasteiger partial charge >= 0.3 is 6.18 Å². The first-order valence-corrected chi connectivity index (χ1v) is 13.1. The van der Waals surface area contributed by atoms with Crippen molar-refractivity contribution in [1.29, 1.82) is 0 Å². The Hall–Kier alpha value is -3.55. The minimum absolute atomic E-state index is 0.0232. The van der Waals surface area contributed by atoms with E-state index in [1.54, 1.807) is 23.1 Å². The average molecular weight is 617 g/mol. The molecule has 8 nitrogen and oxygen atoms in total. The van der Waals surface area contributed by atoms with Crippen molar-refractivity contribution in [2.24, 2.45) is 5.16 Å². The summed E-state index contributed by atoms with van der Waals surface area (Å²) in [5, 5.41) is 2.57. The molecule has 5 rings (SSSR count). The number of oxime groups is 1. The number of benzene rings is 2. The summed E-state index contributed by atoms with van der Waals surface area (Å²) in [6, 6.07) is 9.54. The predicted molar refractivity (Wildman–Crippen MR) is 139 cm³/mol. The zero-order chi connectivity index (χ0) is 28.8. The van der Waals surface area contributed by atoms with Crippen molar-refractivity contribution >= 4 is 52.2 Å². The van der Waals surface area contributed by atoms with Crippen molar-refractivity contribution in [2.45, 2.75) is 31.3 Å². The van der Waals surface area contributed by atoms with Crippen LogP contribution in [0.2, 0.25) is 10.0 Å². The number of amidine groups is 1. The summed E-state index contributed by atoms with van der Waals surface area (Å²) in [5.74, 6) is -1.51. The van der Waals surface area contributed by atoms with E-state index in [2.05, 4.69) is 16.0 Å². The monoisotopic (exact) mass is 616 g/mol. The molecule has 0 saturated carbocycles. The van der Waals surface area contributed by atoms with E-state index in [0.29, 0.717) is 16.2 Å². The minimum Gasteiger partial charge on any atom is -0.497 e. The fraction of sp³-hybridized carbons (Fsp3) is 0.240. The Morgan fingerprint density at radius 3 is 2.33 bits per heavy atom. The number of methoxy groups -OCH3 is 1. The molecule has 0 saturated heterocycles. The van der Waals surface area contributed by atoms with E-state index in [9.17, 15) is 27.2 Å². The van der Waals surface area contributed by atoms with Gasteiger partial charge in [0, 0.05) is 22.5 Å². The van der Waals surface area contributed by atoms with Crippen molar-refractivity contribution in [3.63, 3.8) is 0 Å². The number of halogens is 6. The molecule has 0 aliphatic carbocycles. The summed E-state index contributed by atoms with van der Waals surface area (Å²) in [4.78, 5) is 32.5. The zero-order valence-electron chi connectivity index (χ0n) is 20.4. The van der Waals surface area contributed by atoms with Crippen LogP contribution in [0, 0.1) is 5.82 Å². The molecule has 0 fully saturated rings. The number of carbonyl (C=O) groups is 2. The van der Waals surface area contributed by atoms with E-state index in [1.807, 2.05) is 0 Å². The SMILES string of the molecule is COc1ccc(C(=O)NNC(=O)c2cc3c(s2)CN(C2=NOC(c4cc(Cl)c(F)c(Cl)c4)(C(F)(F)F)C2)C3)cc1. The van der Waals surface area contributed by atoms with Crippen LogP contribution in [-0.2, 0) is 23.5 Å². The third-order valence-electron chi connectivity index (χ3n) is 6.44. The lowest BCUT2D eigenvalue weighted by Crippen LogP contribution is -2.44. The van der Waals surface area contributed by atoms with Crippen molar-refractivity contribution in [3.05, 3.63) is 84.8 Å². The molecular weight excluding hydrogens is 599 g/mol. The summed E-state index contributed by atoms with van der Waals surface area (Å²) in [6.45, 7) is 0.366. The number of carbonyl (C=O) groups excluding carboxylic acids is 2. The Labute approximate surface area is 238 Å². The number of hydrogen-bond acceptors (Lipinski definition) is 7. The first-order chi connectivity index (χ1) is 18.9. The van der Waals surface area contributed by atoms with Crippen LogP contribution in [0.1, 0.15) is 42.5 Å². The molecule has 2 N–H and O–H groups in total. The molecule has 40 heavy (non-hydrogen) atoms. The van der Waals surface area contributed by atoms with Crippen molar-refractivity contribution in [3.8, 4) is 5.75 Å². The van der Waals surface area contributed by atoms with Gasteiger partial charge in [-0.2, -0.15) is 13.2 Å². The van der Waals surface area contributed by atoms with Gasteiger partial charge < -0.3 is 14.5 Å². The Bertz CT molecular complexity index is 1480. The number of amides is 2. The largest absolute Gasteiger partial charge is 0.497 e. The average Bonchev–Trinajstić information content (AvgIpc) is 3.64. The highest BCUT2D eigenvalue weighted by atomic mass is 35.5. The quantitative estimate of drug-likeness (QED) is 0.220. The standard InChI is InChI=1S/C25H18Cl2F4N4O4S/c1-38-15-4-2-12(3-5-15)22(36)32-33-23(37)18-6-13-10-35(11-19(13)40-18)20-9-24(39-34-20,25(29,30)31)14-7-16(26)21(28)17(27)8-14/h2-8H,9-11H2,1H3,(H,32,36)(H,33,37). The minimum atomic E-state index is -4.92. The summed E-state index contributed by atoms with van der Waals surface area (Å²) in [5.41, 5.74) is 2.35. The van der Waals surface area contributed by atoms with Crippen LogP contribution in [0.15, 0.2) is 47.6 Å². The summed E-state index contributed by atoms with van der Waals surface area (Å²) in [7, 11) is 1.50. The molecule has 2 aliphatic heterocycles. The number of fused-ring (bicyclic) bond motifs is 1. The number of rotatable bonds is 4. The van der Waals surface area contributed by atoms with E-state index in [4.69, 9.17) is 32.8 Å². The smallest absolute Gasteiger partial charge is 0.435 e. The Morgan fingerprint density at radius 1 is 1.07 bits per heavy atom. The van der Waals surface area contributed by atoms with Gasteiger partial charge in [0.1, 0.15) is 11.6 Å². The van der Waals surface area contributed by atoms with E-state index in [0.717, 1.165) is 33.9 Å². The van der Waals surface area contributed by atoms with Gasteiger partial charge in [-0.1, -0.05) is 28.4 Å². The Balaban J connectivity index is 1.24. The van der Waals surface area contributed by atoms with Gasteiger partial charge in [-0.25, -0.2) is 4.39 Å². The molecule has 210 valence electrons. The number of nitrogens with zero attached hydrogens (tertiary/aromatic N) is 2. The van der Waals surface area contributed by atoms with Gasteiger partial charge in [-0.3, -0.25) is 20.4 Å². The molecule has 3 aromatic rings. The van der Waals surface area contributed by atoms with Crippen LogP contribution in [0.4, 0.5) is 17.6 Å². The summed E-state index contributed by atoms with van der Waals surface area (Å²) >= 11 is 12.6. The molecule has 2 amide bonds. The predicted octanol–water partition coefficient (Wildman–Crippen LogP) is 5.78. The zero-order valence-corrected chi connectivity index (χ0v) is 22.7. The maximum atomic E-state index is 14.3. The van der Waals surface area contributed by atoms with Crippen LogP contribution >= 0.6 is 34.5 Å². The Morgan fingerprint density at radius 2 is 1.73 bits per heavy atom. The molecule has 15 heteroatoms. The van der Waals surface area contributed by atoms with Crippen LogP contribution < -0.4 is 15.6 Å². The second kappa shape index (κ2) is 10.5. The number of alkyl halides is 3. The van der Waals surface area contributed by atoms with Gasteiger partial charge in [0.2, 0.25) is 0 Å². The molecule has 0 radical (unpaired) electrons. The second-order valence-electron chi connectivity index (χ2n) is 8.91. The molecule has 1 atom stereocenters. The van der Waals surface area contributed by atoms with Crippen LogP contribution in [-0.4, -0.2) is 35.8 Å². The van der Waals surface area contributed by atoms with Crippen LogP contribution in [0.25, 0.3) is 0 Å². The third-order valence-corrected chi connectivity index (χ3v) is 8.16. The summed E-state index contributed by atoms with van der Waals surface area (Å²) < 4.78 is 61.7. The maximum Gasteiger partial charge on any atom is 0.435 e. The lowest BCUT2D eigenvalue weighted by atomic mass is 9.89. The molecule has 2 aromatic carbocycles. The second-order valence-corrected chi connectivity index (χ2v) is 10.9. The van der Waals surface area contributed by atoms with Crippen molar-refractivity contribution in [2.75, 3.05) is 7.11 Å². The van der Waals surface area contributed by atoms with Gasteiger partial charge in [0.25, 0.3) is 17.4 Å². The number of nitrogens with one attached hydrogen (secondary N) is 2. The van der Waals surface area contributed by atoms with E-state index in [-0.39, 0.29) is 18.9 Å². The third kappa shape index (κ3) is 5.04. The first-order valence-electron chi connectivity index (χ1n) is 11.5. The van der Waals surface area contributed by atoms with Gasteiger partial charge in [0.05, 0.1) is 35.0 Å². The first kappa shape index (κ1) is 28.0. The highest BCUT2D eigenvalue weighted by molar-refractivity contribution is 7.14. The van der Waals surface area contributed by atoms with Gasteiger partial charge in [0.15, 0.2) is 5.82 Å². The molecule has 1 aromatic heterocycles. The van der Waals surface area contributed by atoms with Gasteiger partial charge in [-0.05, 0) is 48.0 Å². The molecule has 3 heterocycles. The van der Waals surface area contributed by atoms with Crippen molar-refractivity contribution in [1.82, 2.24) is 15.8 Å². The van der Waals surface area contributed by atoms with Gasteiger partial charge in [-0.15, -0.1) is 11.3 Å². The van der Waals surface area contributed by atoms with E-state index in [1.165, 1.54) is 19.2 Å². The highest BCUT2D eigenvalue weighted by Gasteiger charge is 2.63. The maximum absolute atomic E-state index is 14.3. The normalized spacial score (nSPS) is 18.2. The molecule has 2 aliphatic rings. The molecular formula is C25H18Cl2F4N4O4S.